The minimum atomic E-state index is 0.209. The van der Waals surface area contributed by atoms with Gasteiger partial charge in [0.1, 0.15) is 5.75 Å². The summed E-state index contributed by atoms with van der Waals surface area (Å²) in [6, 6.07) is 7.67. The zero-order chi connectivity index (χ0) is 11.4. The number of nitrogens with two attached hydrogens (primary N) is 1. The standard InChI is InChI=1S/C13H17NO2/c14-11-5-7-12(8-6-11)16-13-4-2-1-3-10(13)9-15/h1-4,9,11-12H,5-8,14H2. The normalized spacial score (nSPS) is 25.1. The Labute approximate surface area is 95.6 Å². The predicted molar refractivity (Wildman–Crippen MR) is 62.7 cm³/mol. The second kappa shape index (κ2) is 5.12. The first-order chi connectivity index (χ1) is 7.79. The van der Waals surface area contributed by atoms with Gasteiger partial charge in [0.25, 0.3) is 0 Å². The molecule has 0 heterocycles. The van der Waals surface area contributed by atoms with Crippen LogP contribution in [0.3, 0.4) is 0 Å². The summed E-state index contributed by atoms with van der Waals surface area (Å²) in [5.41, 5.74) is 6.46. The van der Waals surface area contributed by atoms with Gasteiger partial charge in [-0.25, -0.2) is 0 Å². The SMILES string of the molecule is NC1CCC(Oc2ccccc2C=O)CC1. The number of hydrogen-bond donors (Lipinski definition) is 1. The summed E-state index contributed by atoms with van der Waals surface area (Å²) >= 11 is 0. The number of carbonyl (C=O) groups excluding carboxylic acids is 1. The Kier molecular flexibility index (Phi) is 3.57. The third-order valence-corrected chi connectivity index (χ3v) is 3.06. The van der Waals surface area contributed by atoms with Gasteiger partial charge in [-0.15, -0.1) is 0 Å². The summed E-state index contributed by atoms with van der Waals surface area (Å²) in [5.74, 6) is 0.693. The fraction of sp³-hybridized carbons (Fsp3) is 0.462. The molecule has 0 amide bonds. The minimum absolute atomic E-state index is 0.209. The molecule has 1 aliphatic carbocycles. The van der Waals surface area contributed by atoms with E-state index in [2.05, 4.69) is 0 Å². The monoisotopic (exact) mass is 219 g/mol. The lowest BCUT2D eigenvalue weighted by atomic mass is 9.93. The highest BCUT2D eigenvalue weighted by Crippen LogP contribution is 2.24. The number of aldehydes is 1. The number of carbonyl (C=O) groups is 1. The van der Waals surface area contributed by atoms with Gasteiger partial charge in [0, 0.05) is 6.04 Å². The van der Waals surface area contributed by atoms with Gasteiger partial charge in [0.05, 0.1) is 11.7 Å². The van der Waals surface area contributed by atoms with Gasteiger partial charge in [0.2, 0.25) is 0 Å². The van der Waals surface area contributed by atoms with Crippen LogP contribution in [0.15, 0.2) is 24.3 Å². The summed E-state index contributed by atoms with van der Waals surface area (Å²) in [6.07, 6.45) is 5.02. The van der Waals surface area contributed by atoms with Gasteiger partial charge in [-0.2, -0.15) is 0 Å². The zero-order valence-electron chi connectivity index (χ0n) is 9.26. The van der Waals surface area contributed by atoms with E-state index >= 15 is 0 Å². The lowest BCUT2D eigenvalue weighted by molar-refractivity contribution is 0.110. The zero-order valence-corrected chi connectivity index (χ0v) is 9.26. The molecule has 0 aliphatic heterocycles. The summed E-state index contributed by atoms with van der Waals surface area (Å²) in [5, 5.41) is 0. The van der Waals surface area contributed by atoms with E-state index in [0.717, 1.165) is 32.0 Å². The Morgan fingerprint density at radius 1 is 1.19 bits per heavy atom. The fourth-order valence-corrected chi connectivity index (χ4v) is 2.07. The minimum Gasteiger partial charge on any atom is -0.490 e. The van der Waals surface area contributed by atoms with Crippen molar-refractivity contribution < 1.29 is 9.53 Å². The third kappa shape index (κ3) is 2.61. The van der Waals surface area contributed by atoms with Crippen molar-refractivity contribution in [2.24, 2.45) is 5.73 Å². The Balaban J connectivity index is 2.00. The van der Waals surface area contributed by atoms with Crippen LogP contribution in [0, 0.1) is 0 Å². The first-order valence-electron chi connectivity index (χ1n) is 5.76. The molecule has 2 N–H and O–H groups in total. The molecule has 1 aromatic rings. The van der Waals surface area contributed by atoms with Crippen molar-refractivity contribution in [3.63, 3.8) is 0 Å². The third-order valence-electron chi connectivity index (χ3n) is 3.06. The molecular formula is C13H17NO2. The lowest BCUT2D eigenvalue weighted by Gasteiger charge is -2.27. The van der Waals surface area contributed by atoms with Crippen LogP contribution < -0.4 is 10.5 Å². The van der Waals surface area contributed by atoms with E-state index in [4.69, 9.17) is 10.5 Å². The van der Waals surface area contributed by atoms with Crippen LogP contribution in [0.2, 0.25) is 0 Å². The van der Waals surface area contributed by atoms with E-state index in [-0.39, 0.29) is 6.10 Å². The van der Waals surface area contributed by atoms with Gasteiger partial charge in [-0.05, 0) is 37.8 Å². The first-order valence-corrected chi connectivity index (χ1v) is 5.76. The van der Waals surface area contributed by atoms with Crippen LogP contribution in [-0.4, -0.2) is 18.4 Å². The molecule has 0 spiro atoms. The second-order valence-electron chi connectivity index (χ2n) is 4.31. The maximum atomic E-state index is 10.8. The highest BCUT2D eigenvalue weighted by Gasteiger charge is 2.20. The van der Waals surface area contributed by atoms with Crippen molar-refractivity contribution in [2.45, 2.75) is 37.8 Å². The molecule has 3 nitrogen and oxygen atoms in total. The maximum absolute atomic E-state index is 10.8. The molecule has 1 aliphatic rings. The molecule has 2 rings (SSSR count). The van der Waals surface area contributed by atoms with Crippen LogP contribution in [-0.2, 0) is 0 Å². The summed E-state index contributed by atoms with van der Waals surface area (Å²) < 4.78 is 5.84. The van der Waals surface area contributed by atoms with Crippen LogP contribution in [0.5, 0.6) is 5.75 Å². The van der Waals surface area contributed by atoms with E-state index in [0.29, 0.717) is 17.4 Å². The van der Waals surface area contributed by atoms with Gasteiger partial charge in [0.15, 0.2) is 6.29 Å². The smallest absolute Gasteiger partial charge is 0.153 e. The van der Waals surface area contributed by atoms with Crippen LogP contribution >= 0.6 is 0 Å². The van der Waals surface area contributed by atoms with Crippen molar-refractivity contribution in [3.8, 4) is 5.75 Å². The van der Waals surface area contributed by atoms with Crippen molar-refractivity contribution in [3.05, 3.63) is 29.8 Å². The highest BCUT2D eigenvalue weighted by molar-refractivity contribution is 5.79. The summed E-state index contributed by atoms with van der Waals surface area (Å²) in [7, 11) is 0. The Morgan fingerprint density at radius 3 is 2.56 bits per heavy atom. The predicted octanol–water partition coefficient (Wildman–Crippen LogP) is 2.15. The van der Waals surface area contributed by atoms with Crippen molar-refractivity contribution in [2.75, 3.05) is 0 Å². The fourth-order valence-electron chi connectivity index (χ4n) is 2.07. The number of ether oxygens (including phenoxy) is 1. The highest BCUT2D eigenvalue weighted by atomic mass is 16.5. The van der Waals surface area contributed by atoms with Crippen molar-refractivity contribution in [1.29, 1.82) is 0 Å². The molecule has 1 fully saturated rings. The Morgan fingerprint density at radius 2 is 1.88 bits per heavy atom. The van der Waals surface area contributed by atoms with E-state index in [9.17, 15) is 4.79 Å². The molecule has 0 bridgehead atoms. The lowest BCUT2D eigenvalue weighted by Crippen LogP contribution is -2.31. The van der Waals surface area contributed by atoms with Gasteiger partial charge in [-0.1, -0.05) is 12.1 Å². The topological polar surface area (TPSA) is 52.3 Å². The van der Waals surface area contributed by atoms with Crippen molar-refractivity contribution in [1.82, 2.24) is 0 Å². The van der Waals surface area contributed by atoms with E-state index < -0.39 is 0 Å². The molecule has 0 radical (unpaired) electrons. The largest absolute Gasteiger partial charge is 0.490 e. The number of benzene rings is 1. The average molecular weight is 219 g/mol. The molecular weight excluding hydrogens is 202 g/mol. The molecule has 0 unspecified atom stereocenters. The number of rotatable bonds is 3. The molecule has 0 saturated heterocycles. The summed E-state index contributed by atoms with van der Waals surface area (Å²) in [4.78, 5) is 10.8. The molecule has 86 valence electrons. The van der Waals surface area contributed by atoms with Crippen LogP contribution in [0.25, 0.3) is 0 Å². The Hall–Kier alpha value is -1.35. The quantitative estimate of drug-likeness (QED) is 0.792. The molecule has 1 aromatic carbocycles. The first kappa shape index (κ1) is 11.1. The van der Waals surface area contributed by atoms with E-state index in [1.165, 1.54) is 0 Å². The molecule has 1 saturated carbocycles. The van der Waals surface area contributed by atoms with Gasteiger partial charge in [-0.3, -0.25) is 4.79 Å². The Bertz CT molecular complexity index is 357. The average Bonchev–Trinajstić information content (AvgIpc) is 2.33. The number of para-hydroxylation sites is 1. The van der Waals surface area contributed by atoms with Crippen LogP contribution in [0.4, 0.5) is 0 Å². The summed E-state index contributed by atoms with van der Waals surface area (Å²) in [6.45, 7) is 0. The van der Waals surface area contributed by atoms with Crippen molar-refractivity contribution >= 4 is 6.29 Å². The van der Waals surface area contributed by atoms with E-state index in [1.54, 1.807) is 6.07 Å². The van der Waals surface area contributed by atoms with Crippen LogP contribution in [0.1, 0.15) is 36.0 Å². The maximum Gasteiger partial charge on any atom is 0.153 e. The molecule has 16 heavy (non-hydrogen) atoms. The van der Waals surface area contributed by atoms with Gasteiger partial charge >= 0.3 is 0 Å². The number of hydrogen-bond acceptors (Lipinski definition) is 3. The van der Waals surface area contributed by atoms with E-state index in [1.807, 2.05) is 18.2 Å². The molecule has 0 atom stereocenters. The van der Waals surface area contributed by atoms with Gasteiger partial charge < -0.3 is 10.5 Å². The second-order valence-corrected chi connectivity index (χ2v) is 4.31. The molecule has 0 aromatic heterocycles. The molecule has 3 heteroatoms.